The number of ether oxygens (including phenoxy) is 4. The Kier molecular flexibility index (Phi) is 5.45. The van der Waals surface area contributed by atoms with Crippen molar-refractivity contribution >= 4 is 15.9 Å². The van der Waals surface area contributed by atoms with Gasteiger partial charge in [0.2, 0.25) is 0 Å². The summed E-state index contributed by atoms with van der Waals surface area (Å²) in [5.41, 5.74) is 0. The molecule has 5 nitrogen and oxygen atoms in total. The number of alkyl halides is 1. The molecular formula is C9H17BrO5. The van der Waals surface area contributed by atoms with Crippen molar-refractivity contribution in [3.63, 3.8) is 0 Å². The van der Waals surface area contributed by atoms with Gasteiger partial charge in [-0.05, 0) is 0 Å². The van der Waals surface area contributed by atoms with Crippen molar-refractivity contribution < 1.29 is 24.1 Å². The van der Waals surface area contributed by atoms with Gasteiger partial charge < -0.3 is 24.1 Å². The highest BCUT2D eigenvalue weighted by atomic mass is 79.9. The van der Waals surface area contributed by atoms with E-state index in [9.17, 15) is 5.11 Å². The zero-order valence-electron chi connectivity index (χ0n) is 9.05. The van der Waals surface area contributed by atoms with E-state index in [2.05, 4.69) is 15.9 Å². The van der Waals surface area contributed by atoms with Crippen molar-refractivity contribution in [3.8, 4) is 0 Å². The second-order valence-electron chi connectivity index (χ2n) is 3.32. The molecule has 0 aromatic carbocycles. The third-order valence-electron chi connectivity index (χ3n) is 2.55. The van der Waals surface area contributed by atoms with Crippen LogP contribution in [-0.2, 0) is 18.9 Å². The van der Waals surface area contributed by atoms with Gasteiger partial charge in [-0.1, -0.05) is 15.9 Å². The maximum atomic E-state index is 9.93. The summed E-state index contributed by atoms with van der Waals surface area (Å²) < 4.78 is 21.1. The highest BCUT2D eigenvalue weighted by molar-refractivity contribution is 9.09. The predicted octanol–water partition coefficient (Wildman–Crippen LogP) is 0.143. The standard InChI is InChI=1S/C9H17BrO5/c1-12-7-6(11)5(4-10)15-9(14-3)8(7)13-2/h5-9,11H,4H2,1-3H3/t5-,6-,7+,8-,9+/m1/s1. The lowest BCUT2D eigenvalue weighted by Gasteiger charge is -2.42. The molecule has 1 aliphatic heterocycles. The Balaban J connectivity index is 2.78. The molecule has 1 heterocycles. The minimum Gasteiger partial charge on any atom is -0.388 e. The SMILES string of the molecule is CO[C@H]1O[C@H](CBr)[C@@H](O)[C@H](OC)[C@H]1OC. The zero-order valence-corrected chi connectivity index (χ0v) is 10.6. The van der Waals surface area contributed by atoms with Crippen LogP contribution in [0, 0.1) is 0 Å². The average molecular weight is 285 g/mol. The Morgan fingerprint density at radius 2 is 1.73 bits per heavy atom. The Morgan fingerprint density at radius 1 is 1.13 bits per heavy atom. The van der Waals surface area contributed by atoms with Crippen LogP contribution in [0.3, 0.4) is 0 Å². The third-order valence-corrected chi connectivity index (χ3v) is 3.19. The predicted molar refractivity (Wildman–Crippen MR) is 57.1 cm³/mol. The van der Waals surface area contributed by atoms with Crippen LogP contribution in [0.2, 0.25) is 0 Å². The first kappa shape index (κ1) is 13.3. The number of methoxy groups -OCH3 is 3. The number of aliphatic hydroxyl groups is 1. The van der Waals surface area contributed by atoms with Gasteiger partial charge in [0, 0.05) is 26.7 Å². The van der Waals surface area contributed by atoms with Gasteiger partial charge in [0.15, 0.2) is 6.29 Å². The van der Waals surface area contributed by atoms with Gasteiger partial charge in [0.1, 0.15) is 18.3 Å². The highest BCUT2D eigenvalue weighted by Gasteiger charge is 2.45. The van der Waals surface area contributed by atoms with E-state index in [0.29, 0.717) is 5.33 Å². The molecule has 0 amide bonds. The Hall–Kier alpha value is 0.280. The number of halogens is 1. The van der Waals surface area contributed by atoms with Gasteiger partial charge in [-0.2, -0.15) is 0 Å². The molecule has 0 aromatic heterocycles. The monoisotopic (exact) mass is 284 g/mol. The van der Waals surface area contributed by atoms with Crippen LogP contribution >= 0.6 is 15.9 Å². The summed E-state index contributed by atoms with van der Waals surface area (Å²) in [4.78, 5) is 0. The molecule has 90 valence electrons. The van der Waals surface area contributed by atoms with Gasteiger partial charge in [0.05, 0.1) is 6.10 Å². The first-order valence-electron chi connectivity index (χ1n) is 4.67. The van der Waals surface area contributed by atoms with Crippen molar-refractivity contribution in [2.24, 2.45) is 0 Å². The Bertz CT molecular complexity index is 191. The summed E-state index contributed by atoms with van der Waals surface area (Å²) in [7, 11) is 4.60. The molecule has 1 fully saturated rings. The van der Waals surface area contributed by atoms with Crippen LogP contribution in [0.1, 0.15) is 0 Å². The lowest BCUT2D eigenvalue weighted by atomic mass is 9.99. The number of aliphatic hydroxyl groups excluding tert-OH is 1. The van der Waals surface area contributed by atoms with Gasteiger partial charge in [-0.3, -0.25) is 0 Å². The van der Waals surface area contributed by atoms with Crippen molar-refractivity contribution in [3.05, 3.63) is 0 Å². The average Bonchev–Trinajstić information content (AvgIpc) is 2.28. The third kappa shape index (κ3) is 2.69. The lowest BCUT2D eigenvalue weighted by Crippen LogP contribution is -2.59. The summed E-state index contributed by atoms with van der Waals surface area (Å²) in [5, 5.41) is 10.4. The van der Waals surface area contributed by atoms with Crippen molar-refractivity contribution in [2.45, 2.75) is 30.7 Å². The molecule has 0 unspecified atom stereocenters. The topological polar surface area (TPSA) is 57.2 Å². The van der Waals surface area contributed by atoms with Crippen molar-refractivity contribution in [2.75, 3.05) is 26.7 Å². The second-order valence-corrected chi connectivity index (χ2v) is 3.97. The molecule has 5 atom stereocenters. The fourth-order valence-electron chi connectivity index (χ4n) is 1.73. The van der Waals surface area contributed by atoms with Crippen molar-refractivity contribution in [1.29, 1.82) is 0 Å². The van der Waals surface area contributed by atoms with Gasteiger partial charge in [0.25, 0.3) is 0 Å². The van der Waals surface area contributed by atoms with E-state index in [1.54, 1.807) is 0 Å². The fraction of sp³-hybridized carbons (Fsp3) is 1.00. The van der Waals surface area contributed by atoms with Crippen LogP contribution in [-0.4, -0.2) is 62.5 Å². The molecule has 0 aliphatic carbocycles. The smallest absolute Gasteiger partial charge is 0.186 e. The molecule has 0 radical (unpaired) electrons. The summed E-state index contributed by atoms with van der Waals surface area (Å²) in [6.07, 6.45) is -2.48. The maximum absolute atomic E-state index is 9.93. The second kappa shape index (κ2) is 6.12. The molecule has 1 rings (SSSR count). The molecule has 0 bridgehead atoms. The van der Waals surface area contributed by atoms with Gasteiger partial charge in [-0.25, -0.2) is 0 Å². The molecule has 1 saturated heterocycles. The number of hydrogen-bond acceptors (Lipinski definition) is 5. The lowest BCUT2D eigenvalue weighted by molar-refractivity contribution is -0.294. The van der Waals surface area contributed by atoms with Crippen LogP contribution in [0.5, 0.6) is 0 Å². The van der Waals surface area contributed by atoms with E-state index >= 15 is 0 Å². The van der Waals surface area contributed by atoms with E-state index in [4.69, 9.17) is 18.9 Å². The fourth-order valence-corrected chi connectivity index (χ4v) is 2.26. The zero-order chi connectivity index (χ0) is 11.4. The normalized spacial score (nSPS) is 41.8. The highest BCUT2D eigenvalue weighted by Crippen LogP contribution is 2.26. The largest absolute Gasteiger partial charge is 0.388 e. The summed E-state index contributed by atoms with van der Waals surface area (Å²) in [5.74, 6) is 0. The number of rotatable bonds is 4. The maximum Gasteiger partial charge on any atom is 0.186 e. The number of hydrogen-bond donors (Lipinski definition) is 1. The van der Waals surface area contributed by atoms with Crippen LogP contribution in [0.15, 0.2) is 0 Å². The van der Waals surface area contributed by atoms with Crippen molar-refractivity contribution in [1.82, 2.24) is 0 Å². The van der Waals surface area contributed by atoms with Crippen LogP contribution in [0.4, 0.5) is 0 Å². The summed E-state index contributed by atoms with van der Waals surface area (Å²) >= 11 is 3.27. The molecule has 0 saturated carbocycles. The first-order valence-corrected chi connectivity index (χ1v) is 5.79. The molecule has 1 aliphatic rings. The van der Waals surface area contributed by atoms with E-state index in [1.807, 2.05) is 0 Å². The minimum absolute atomic E-state index is 0.355. The Labute approximate surface area is 97.8 Å². The molecule has 1 N–H and O–H groups in total. The van der Waals surface area contributed by atoms with Gasteiger partial charge >= 0.3 is 0 Å². The first-order chi connectivity index (χ1) is 7.19. The summed E-state index contributed by atoms with van der Waals surface area (Å²) in [6.45, 7) is 0. The molecule has 0 aromatic rings. The van der Waals surface area contributed by atoms with E-state index in [1.165, 1.54) is 21.3 Å². The van der Waals surface area contributed by atoms with Gasteiger partial charge in [-0.15, -0.1) is 0 Å². The van der Waals surface area contributed by atoms with Crippen LogP contribution in [0.25, 0.3) is 0 Å². The minimum atomic E-state index is -0.731. The molecule has 15 heavy (non-hydrogen) atoms. The Morgan fingerprint density at radius 3 is 2.13 bits per heavy atom. The molecular weight excluding hydrogens is 268 g/mol. The van der Waals surface area contributed by atoms with E-state index < -0.39 is 24.6 Å². The van der Waals surface area contributed by atoms with E-state index in [0.717, 1.165) is 0 Å². The molecule has 0 spiro atoms. The molecule has 6 heteroatoms. The van der Waals surface area contributed by atoms with Crippen LogP contribution < -0.4 is 0 Å². The summed E-state index contributed by atoms with van der Waals surface area (Å²) in [6, 6.07) is 0. The quantitative estimate of drug-likeness (QED) is 0.745. The van der Waals surface area contributed by atoms with E-state index in [-0.39, 0.29) is 6.10 Å².